The van der Waals surface area contributed by atoms with E-state index in [4.69, 9.17) is 15.5 Å². The van der Waals surface area contributed by atoms with Crippen molar-refractivity contribution in [3.05, 3.63) is 90.2 Å². The van der Waals surface area contributed by atoms with Gasteiger partial charge in [0, 0.05) is 33.8 Å². The Labute approximate surface area is 265 Å². The molecule has 0 unspecified atom stereocenters. The first-order valence-corrected chi connectivity index (χ1v) is 15.5. The Morgan fingerprint density at radius 2 is 1.78 bits per heavy atom. The zero-order valence-electron chi connectivity index (χ0n) is 25.7. The molecule has 0 radical (unpaired) electrons. The molecular weight excluding hydrogens is 583 g/mol. The Balaban J connectivity index is 1.25. The number of imidazole rings is 1. The summed E-state index contributed by atoms with van der Waals surface area (Å²) in [5, 5.41) is 5.63. The number of para-hydroxylation sites is 1. The molecule has 0 bridgehead atoms. The van der Waals surface area contributed by atoms with Gasteiger partial charge in [-0.05, 0) is 88.3 Å². The minimum Gasteiger partial charge on any atom is -0.461 e. The molecule has 2 heterocycles. The maximum atomic E-state index is 14.0. The Hall–Kier alpha value is -5.22. The SMILES string of the molecule is CN(C)CC(=O)O[C@H]1CC[C@H](Nc2cc(-n3c4ccccc4c4c(-c5nc6ccc(F)cc6[nH]5)cccc43)ccc2C(N)=O)CC1. The molecule has 2 aromatic heterocycles. The zero-order chi connectivity index (χ0) is 31.9. The fourth-order valence-corrected chi connectivity index (χ4v) is 6.64. The number of aromatic amines is 1. The average molecular weight is 619 g/mol. The summed E-state index contributed by atoms with van der Waals surface area (Å²) >= 11 is 0. The molecule has 10 heteroatoms. The fraction of sp³-hybridized carbons (Fsp3) is 0.250. The molecule has 4 N–H and O–H groups in total. The van der Waals surface area contributed by atoms with Crippen LogP contribution < -0.4 is 11.1 Å². The first-order valence-electron chi connectivity index (χ1n) is 15.5. The second-order valence-corrected chi connectivity index (χ2v) is 12.2. The van der Waals surface area contributed by atoms with Crippen molar-refractivity contribution in [1.29, 1.82) is 0 Å². The van der Waals surface area contributed by atoms with Gasteiger partial charge in [0.1, 0.15) is 17.7 Å². The van der Waals surface area contributed by atoms with E-state index in [0.717, 1.165) is 58.7 Å². The minimum atomic E-state index is -0.508. The van der Waals surface area contributed by atoms with E-state index in [1.165, 1.54) is 12.1 Å². The minimum absolute atomic E-state index is 0.0971. The number of likely N-dealkylation sites (N-methyl/N-ethyl adjacent to an activating group) is 1. The quantitative estimate of drug-likeness (QED) is 0.170. The van der Waals surface area contributed by atoms with E-state index < -0.39 is 5.91 Å². The summed E-state index contributed by atoms with van der Waals surface area (Å²) < 4.78 is 21.8. The van der Waals surface area contributed by atoms with Crippen LogP contribution in [0.1, 0.15) is 36.0 Å². The van der Waals surface area contributed by atoms with E-state index in [2.05, 4.69) is 33.1 Å². The number of carbonyl (C=O) groups is 2. The number of esters is 1. The third-order valence-corrected chi connectivity index (χ3v) is 8.70. The highest BCUT2D eigenvalue weighted by atomic mass is 19.1. The van der Waals surface area contributed by atoms with Gasteiger partial charge < -0.3 is 25.3 Å². The summed E-state index contributed by atoms with van der Waals surface area (Å²) in [5.74, 6) is -0.388. The smallest absolute Gasteiger partial charge is 0.320 e. The monoisotopic (exact) mass is 618 g/mol. The molecule has 9 nitrogen and oxygen atoms in total. The van der Waals surface area contributed by atoms with Crippen LogP contribution in [0.2, 0.25) is 0 Å². The van der Waals surface area contributed by atoms with Crippen LogP contribution in [0.15, 0.2) is 78.9 Å². The lowest BCUT2D eigenvalue weighted by Gasteiger charge is -2.30. The van der Waals surface area contributed by atoms with Crippen molar-refractivity contribution in [3.63, 3.8) is 0 Å². The Kier molecular flexibility index (Phi) is 7.66. The highest BCUT2D eigenvalue weighted by Crippen LogP contribution is 2.39. The molecule has 0 aliphatic heterocycles. The number of benzene rings is 4. The number of nitrogens with two attached hydrogens (primary N) is 1. The molecule has 0 saturated heterocycles. The number of hydrogen-bond donors (Lipinski definition) is 3. The van der Waals surface area contributed by atoms with Crippen molar-refractivity contribution in [2.75, 3.05) is 26.0 Å². The number of primary amides is 1. The fourth-order valence-electron chi connectivity index (χ4n) is 6.64. The number of rotatable bonds is 8. The summed E-state index contributed by atoms with van der Waals surface area (Å²) in [7, 11) is 3.68. The number of aromatic nitrogens is 3. The summed E-state index contributed by atoms with van der Waals surface area (Å²) in [6, 6.07) is 24.5. The number of ether oxygens (including phenoxy) is 1. The van der Waals surface area contributed by atoms with Crippen molar-refractivity contribution < 1.29 is 18.7 Å². The molecule has 7 rings (SSSR count). The van der Waals surface area contributed by atoms with Crippen LogP contribution in [0.3, 0.4) is 0 Å². The summed E-state index contributed by atoms with van der Waals surface area (Å²) in [4.78, 5) is 34.6. The molecule has 4 aromatic carbocycles. The summed E-state index contributed by atoms with van der Waals surface area (Å²) in [5.41, 5.74) is 12.0. The Bertz CT molecular complexity index is 2110. The van der Waals surface area contributed by atoms with Gasteiger partial charge in [0.25, 0.3) is 5.91 Å². The maximum absolute atomic E-state index is 14.0. The van der Waals surface area contributed by atoms with Crippen LogP contribution in [0.4, 0.5) is 10.1 Å². The van der Waals surface area contributed by atoms with Gasteiger partial charge in [0.2, 0.25) is 0 Å². The highest BCUT2D eigenvalue weighted by molar-refractivity contribution is 6.15. The first kappa shape index (κ1) is 29.5. The van der Waals surface area contributed by atoms with Gasteiger partial charge in [-0.3, -0.25) is 14.5 Å². The van der Waals surface area contributed by atoms with Crippen molar-refractivity contribution >= 4 is 50.4 Å². The molecule has 6 aromatic rings. The second-order valence-electron chi connectivity index (χ2n) is 12.2. The van der Waals surface area contributed by atoms with Crippen LogP contribution in [0.5, 0.6) is 0 Å². The molecule has 1 amide bonds. The predicted octanol–water partition coefficient (Wildman–Crippen LogP) is 6.39. The third-order valence-electron chi connectivity index (χ3n) is 8.70. The normalized spacial score (nSPS) is 16.8. The van der Waals surface area contributed by atoms with Crippen molar-refractivity contribution in [2.24, 2.45) is 5.73 Å². The molecule has 1 aliphatic rings. The Morgan fingerprint density at radius 1 is 1.00 bits per heavy atom. The number of nitrogens with one attached hydrogen (secondary N) is 2. The van der Waals surface area contributed by atoms with Crippen LogP contribution in [-0.2, 0) is 9.53 Å². The van der Waals surface area contributed by atoms with Gasteiger partial charge in [0.15, 0.2) is 0 Å². The summed E-state index contributed by atoms with van der Waals surface area (Å²) in [6.45, 7) is 0.259. The number of halogens is 1. The number of fused-ring (bicyclic) bond motifs is 4. The highest BCUT2D eigenvalue weighted by Gasteiger charge is 2.26. The maximum Gasteiger partial charge on any atom is 0.320 e. The van der Waals surface area contributed by atoms with Gasteiger partial charge in [-0.1, -0.05) is 30.3 Å². The van der Waals surface area contributed by atoms with Crippen molar-refractivity contribution in [1.82, 2.24) is 19.4 Å². The molecule has 0 atom stereocenters. The number of carbonyl (C=O) groups excluding carboxylic acids is 2. The van der Waals surface area contributed by atoms with Gasteiger partial charge in [-0.15, -0.1) is 0 Å². The van der Waals surface area contributed by atoms with Gasteiger partial charge >= 0.3 is 5.97 Å². The number of H-pyrrole nitrogens is 1. The number of nitrogens with zero attached hydrogens (tertiary/aromatic N) is 3. The van der Waals surface area contributed by atoms with Gasteiger partial charge in [0.05, 0.1) is 34.2 Å². The van der Waals surface area contributed by atoms with E-state index in [1.807, 2.05) is 50.5 Å². The molecule has 1 fully saturated rings. The molecular formula is C36H35FN6O3. The van der Waals surface area contributed by atoms with Crippen LogP contribution in [0.25, 0.3) is 49.9 Å². The van der Waals surface area contributed by atoms with E-state index in [0.29, 0.717) is 28.1 Å². The standard InChI is InChI=1S/C36H35FN6O3/c1-42(2)20-33(44)46-24-14-11-22(12-15-24)39-29-19-23(13-16-25(29)35(38)45)43-31-8-4-3-6-26(31)34-27(7-5-9-32(34)43)36-40-28-17-10-21(37)18-30(28)41-36/h3-10,13,16-19,22,24,39H,11-12,14-15,20H2,1-2H3,(H2,38,45)(H,40,41)/t22-,24-. The van der Waals surface area contributed by atoms with Crippen molar-refractivity contribution in [3.8, 4) is 17.1 Å². The molecule has 1 aliphatic carbocycles. The van der Waals surface area contributed by atoms with E-state index >= 15 is 0 Å². The largest absolute Gasteiger partial charge is 0.461 e. The van der Waals surface area contributed by atoms with Crippen LogP contribution >= 0.6 is 0 Å². The van der Waals surface area contributed by atoms with Crippen LogP contribution in [0, 0.1) is 5.82 Å². The lowest BCUT2D eigenvalue weighted by molar-refractivity contribution is -0.151. The van der Waals surface area contributed by atoms with E-state index in [-0.39, 0.29) is 30.5 Å². The molecule has 1 saturated carbocycles. The number of amides is 1. The second kappa shape index (κ2) is 11.9. The zero-order valence-corrected chi connectivity index (χ0v) is 25.7. The third kappa shape index (κ3) is 5.56. The number of anilines is 1. The topological polar surface area (TPSA) is 118 Å². The summed E-state index contributed by atoms with van der Waals surface area (Å²) in [6.07, 6.45) is 2.97. The Morgan fingerprint density at radius 3 is 2.57 bits per heavy atom. The predicted molar refractivity (Wildman–Crippen MR) is 179 cm³/mol. The van der Waals surface area contributed by atoms with E-state index in [1.54, 1.807) is 17.0 Å². The molecule has 46 heavy (non-hydrogen) atoms. The molecule has 234 valence electrons. The number of hydrogen-bond acceptors (Lipinski definition) is 6. The lowest BCUT2D eigenvalue weighted by Crippen LogP contribution is -2.34. The van der Waals surface area contributed by atoms with Gasteiger partial charge in [-0.25, -0.2) is 9.37 Å². The van der Waals surface area contributed by atoms with Crippen molar-refractivity contribution in [2.45, 2.75) is 37.8 Å². The van der Waals surface area contributed by atoms with Gasteiger partial charge in [-0.2, -0.15) is 0 Å². The first-order chi connectivity index (χ1) is 22.2. The van der Waals surface area contributed by atoms with E-state index in [9.17, 15) is 14.0 Å². The van der Waals surface area contributed by atoms with Crippen LogP contribution in [-0.4, -0.2) is 64.1 Å². The average Bonchev–Trinajstić information content (AvgIpc) is 3.60. The molecule has 0 spiro atoms. The lowest BCUT2D eigenvalue weighted by atomic mass is 9.92.